The molecule has 92 valence electrons. The normalized spacial score (nSPS) is 20.5. The SMILES string of the molecule is CC1CCCN1Cc1ccccc1C(=O)NN. The van der Waals surface area contributed by atoms with E-state index < -0.39 is 0 Å². The van der Waals surface area contributed by atoms with Crippen LogP contribution in [0.25, 0.3) is 0 Å². The molecule has 1 heterocycles. The van der Waals surface area contributed by atoms with Gasteiger partial charge in [-0.05, 0) is 37.9 Å². The first kappa shape index (κ1) is 12.1. The van der Waals surface area contributed by atoms with Crippen LogP contribution in [-0.2, 0) is 6.54 Å². The first-order chi connectivity index (χ1) is 8.22. The van der Waals surface area contributed by atoms with Gasteiger partial charge in [0.25, 0.3) is 5.91 Å². The average molecular weight is 233 g/mol. The summed E-state index contributed by atoms with van der Waals surface area (Å²) in [5.74, 6) is 4.98. The molecule has 0 saturated carbocycles. The van der Waals surface area contributed by atoms with Crippen LogP contribution < -0.4 is 11.3 Å². The van der Waals surface area contributed by atoms with Gasteiger partial charge in [-0.1, -0.05) is 18.2 Å². The Bertz CT molecular complexity index is 405. The molecule has 1 aliphatic rings. The van der Waals surface area contributed by atoms with Crippen LogP contribution in [-0.4, -0.2) is 23.4 Å². The van der Waals surface area contributed by atoms with Crippen molar-refractivity contribution in [2.45, 2.75) is 32.4 Å². The molecular weight excluding hydrogens is 214 g/mol. The van der Waals surface area contributed by atoms with Crippen LogP contribution in [0.5, 0.6) is 0 Å². The van der Waals surface area contributed by atoms with Gasteiger partial charge in [0.2, 0.25) is 0 Å². The molecule has 1 saturated heterocycles. The summed E-state index contributed by atoms with van der Waals surface area (Å²) in [5, 5.41) is 0. The number of benzene rings is 1. The zero-order valence-electron chi connectivity index (χ0n) is 10.1. The minimum absolute atomic E-state index is 0.215. The van der Waals surface area contributed by atoms with Gasteiger partial charge in [0.15, 0.2) is 0 Å². The van der Waals surface area contributed by atoms with Crippen LogP contribution in [0, 0.1) is 0 Å². The largest absolute Gasteiger partial charge is 0.296 e. The van der Waals surface area contributed by atoms with Crippen molar-refractivity contribution >= 4 is 5.91 Å². The molecule has 1 amide bonds. The molecule has 0 radical (unpaired) electrons. The summed E-state index contributed by atoms with van der Waals surface area (Å²) in [4.78, 5) is 14.0. The van der Waals surface area contributed by atoms with E-state index in [2.05, 4.69) is 17.2 Å². The summed E-state index contributed by atoms with van der Waals surface area (Å²) in [6.45, 7) is 4.17. The maximum atomic E-state index is 11.6. The fourth-order valence-electron chi connectivity index (χ4n) is 2.40. The van der Waals surface area contributed by atoms with Crippen molar-refractivity contribution in [3.63, 3.8) is 0 Å². The number of nitrogens with one attached hydrogen (secondary N) is 1. The fraction of sp³-hybridized carbons (Fsp3) is 0.462. The van der Waals surface area contributed by atoms with Crippen LogP contribution in [0.3, 0.4) is 0 Å². The highest BCUT2D eigenvalue weighted by molar-refractivity contribution is 5.95. The molecule has 1 aliphatic heterocycles. The number of nitrogen functional groups attached to an aromatic ring is 1. The highest BCUT2D eigenvalue weighted by Crippen LogP contribution is 2.20. The fourth-order valence-corrected chi connectivity index (χ4v) is 2.40. The molecule has 4 heteroatoms. The van der Waals surface area contributed by atoms with Gasteiger partial charge in [-0.2, -0.15) is 0 Å². The molecule has 2 rings (SSSR count). The van der Waals surface area contributed by atoms with E-state index in [1.807, 2.05) is 24.3 Å². The lowest BCUT2D eigenvalue weighted by atomic mass is 10.1. The zero-order chi connectivity index (χ0) is 12.3. The maximum Gasteiger partial charge on any atom is 0.265 e. The third kappa shape index (κ3) is 2.65. The van der Waals surface area contributed by atoms with Gasteiger partial charge >= 0.3 is 0 Å². The lowest BCUT2D eigenvalue weighted by Crippen LogP contribution is -2.32. The third-order valence-electron chi connectivity index (χ3n) is 3.46. The van der Waals surface area contributed by atoms with Crippen molar-refractivity contribution in [3.05, 3.63) is 35.4 Å². The van der Waals surface area contributed by atoms with Gasteiger partial charge in [-0.3, -0.25) is 15.1 Å². The van der Waals surface area contributed by atoms with Gasteiger partial charge in [0.05, 0.1) is 0 Å². The van der Waals surface area contributed by atoms with Gasteiger partial charge in [-0.15, -0.1) is 0 Å². The van der Waals surface area contributed by atoms with Crippen LogP contribution in [0.4, 0.5) is 0 Å². The van der Waals surface area contributed by atoms with Crippen molar-refractivity contribution in [2.24, 2.45) is 5.84 Å². The molecule has 1 unspecified atom stereocenters. The number of hydrogen-bond donors (Lipinski definition) is 2. The average Bonchev–Trinajstić information content (AvgIpc) is 2.75. The number of rotatable bonds is 3. The second-order valence-corrected chi connectivity index (χ2v) is 4.59. The van der Waals surface area contributed by atoms with Crippen molar-refractivity contribution in [2.75, 3.05) is 6.54 Å². The summed E-state index contributed by atoms with van der Waals surface area (Å²) < 4.78 is 0. The Hall–Kier alpha value is -1.39. The van der Waals surface area contributed by atoms with Crippen LogP contribution in [0.15, 0.2) is 24.3 Å². The first-order valence-electron chi connectivity index (χ1n) is 6.05. The third-order valence-corrected chi connectivity index (χ3v) is 3.46. The highest BCUT2D eigenvalue weighted by atomic mass is 16.2. The van der Waals surface area contributed by atoms with Crippen LogP contribution >= 0.6 is 0 Å². The number of amides is 1. The number of carbonyl (C=O) groups excluding carboxylic acids is 1. The van der Waals surface area contributed by atoms with Crippen molar-refractivity contribution in [1.29, 1.82) is 0 Å². The van der Waals surface area contributed by atoms with E-state index in [0.717, 1.165) is 18.7 Å². The summed E-state index contributed by atoms with van der Waals surface area (Å²) in [6.07, 6.45) is 2.48. The van der Waals surface area contributed by atoms with Crippen molar-refractivity contribution < 1.29 is 4.79 Å². The summed E-state index contributed by atoms with van der Waals surface area (Å²) in [7, 11) is 0. The minimum atomic E-state index is -0.215. The van der Waals surface area contributed by atoms with Gasteiger partial charge in [0, 0.05) is 18.2 Å². The highest BCUT2D eigenvalue weighted by Gasteiger charge is 2.21. The first-order valence-corrected chi connectivity index (χ1v) is 6.05. The molecule has 0 aromatic heterocycles. The molecule has 1 aromatic rings. The zero-order valence-corrected chi connectivity index (χ0v) is 10.1. The Labute approximate surface area is 102 Å². The van der Waals surface area contributed by atoms with E-state index in [4.69, 9.17) is 5.84 Å². The molecule has 0 spiro atoms. The lowest BCUT2D eigenvalue weighted by molar-refractivity contribution is 0.0951. The summed E-state index contributed by atoms with van der Waals surface area (Å²) >= 11 is 0. The summed E-state index contributed by atoms with van der Waals surface area (Å²) in [5.41, 5.74) is 3.92. The molecule has 17 heavy (non-hydrogen) atoms. The minimum Gasteiger partial charge on any atom is -0.296 e. The molecule has 4 nitrogen and oxygen atoms in total. The van der Waals surface area contributed by atoms with Crippen molar-refractivity contribution in [1.82, 2.24) is 10.3 Å². The van der Waals surface area contributed by atoms with Crippen molar-refractivity contribution in [3.8, 4) is 0 Å². The number of likely N-dealkylation sites (tertiary alicyclic amines) is 1. The molecule has 1 fully saturated rings. The predicted octanol–water partition coefficient (Wildman–Crippen LogP) is 1.27. The Balaban J connectivity index is 2.17. The predicted molar refractivity (Wildman–Crippen MR) is 67.2 cm³/mol. The Morgan fingerprint density at radius 1 is 1.53 bits per heavy atom. The van der Waals surface area contributed by atoms with Crippen LogP contribution in [0.1, 0.15) is 35.7 Å². The summed E-state index contributed by atoms with van der Waals surface area (Å²) in [6, 6.07) is 8.24. The van der Waals surface area contributed by atoms with E-state index in [1.54, 1.807) is 0 Å². The molecule has 1 aromatic carbocycles. The van der Waals surface area contributed by atoms with Gasteiger partial charge in [0.1, 0.15) is 0 Å². The monoisotopic (exact) mass is 233 g/mol. The van der Waals surface area contributed by atoms with E-state index in [0.29, 0.717) is 11.6 Å². The van der Waals surface area contributed by atoms with Crippen LogP contribution in [0.2, 0.25) is 0 Å². The Morgan fingerprint density at radius 3 is 2.94 bits per heavy atom. The molecule has 0 aliphatic carbocycles. The second-order valence-electron chi connectivity index (χ2n) is 4.59. The van der Waals surface area contributed by atoms with Gasteiger partial charge < -0.3 is 0 Å². The topological polar surface area (TPSA) is 58.4 Å². The molecule has 1 atom stereocenters. The Morgan fingerprint density at radius 2 is 2.29 bits per heavy atom. The molecular formula is C13H19N3O. The number of carbonyl (C=O) groups is 1. The molecule has 0 bridgehead atoms. The standard InChI is InChI=1S/C13H19N3O/c1-10-5-4-8-16(10)9-11-6-2-3-7-12(11)13(17)15-14/h2-3,6-7,10H,4-5,8-9,14H2,1H3,(H,15,17). The Kier molecular flexibility index (Phi) is 3.76. The molecule has 3 N–H and O–H groups in total. The number of hydrazine groups is 1. The smallest absolute Gasteiger partial charge is 0.265 e. The maximum absolute atomic E-state index is 11.6. The van der Waals surface area contributed by atoms with E-state index in [-0.39, 0.29) is 5.91 Å². The lowest BCUT2D eigenvalue weighted by Gasteiger charge is -2.22. The van der Waals surface area contributed by atoms with E-state index >= 15 is 0 Å². The van der Waals surface area contributed by atoms with E-state index in [1.165, 1.54) is 12.8 Å². The number of hydrogen-bond acceptors (Lipinski definition) is 3. The van der Waals surface area contributed by atoms with Gasteiger partial charge in [-0.25, -0.2) is 5.84 Å². The quantitative estimate of drug-likeness (QED) is 0.469. The second kappa shape index (κ2) is 5.29. The number of nitrogens with zero attached hydrogens (tertiary/aromatic N) is 1. The number of nitrogens with two attached hydrogens (primary N) is 1. The van der Waals surface area contributed by atoms with E-state index in [9.17, 15) is 4.79 Å².